The molecular weight excluding hydrogens is 449 g/mol. The van der Waals surface area contributed by atoms with Crippen LogP contribution in [0.5, 0.6) is 0 Å². The summed E-state index contributed by atoms with van der Waals surface area (Å²) < 4.78 is 13.9. The number of hydrogen-bond donors (Lipinski definition) is 0. The van der Waals surface area contributed by atoms with E-state index in [4.69, 9.17) is 11.6 Å². The van der Waals surface area contributed by atoms with Gasteiger partial charge in [-0.3, -0.25) is 14.7 Å². The van der Waals surface area contributed by atoms with E-state index in [1.165, 1.54) is 12.1 Å². The second kappa shape index (κ2) is 8.05. The molecule has 0 saturated carbocycles. The molecule has 2 aliphatic rings. The van der Waals surface area contributed by atoms with Crippen molar-refractivity contribution in [2.75, 3.05) is 13.1 Å². The van der Waals surface area contributed by atoms with E-state index in [2.05, 4.69) is 22.0 Å². The van der Waals surface area contributed by atoms with Gasteiger partial charge in [-0.2, -0.15) is 0 Å². The number of benzene rings is 3. The maximum absolute atomic E-state index is 13.9. The van der Waals surface area contributed by atoms with Gasteiger partial charge in [-0.1, -0.05) is 66.2 Å². The summed E-state index contributed by atoms with van der Waals surface area (Å²) in [6.45, 7) is 1.19. The third-order valence-corrected chi connectivity index (χ3v) is 7.15. The van der Waals surface area contributed by atoms with Crippen molar-refractivity contribution in [1.82, 2.24) is 14.8 Å². The van der Waals surface area contributed by atoms with Crippen LogP contribution in [0.4, 0.5) is 4.39 Å². The van der Waals surface area contributed by atoms with Gasteiger partial charge in [0, 0.05) is 41.6 Å². The van der Waals surface area contributed by atoms with Crippen LogP contribution >= 0.6 is 11.6 Å². The number of pyridine rings is 1. The SMILES string of the molecule is O=C1c2ccncc2[C@@]2(c3ccc(Cl)cc3)N1CCN2C(c1ccccc1)c1ccc(F)cc1. The van der Waals surface area contributed by atoms with Gasteiger partial charge in [0.25, 0.3) is 5.91 Å². The zero-order valence-corrected chi connectivity index (χ0v) is 19.0. The standard InChI is InChI=1S/C28H21ClFN3O/c29-22-10-8-21(9-11-22)28-25-18-31-15-14-24(25)27(34)33(28)17-16-32(28)26(19-4-2-1-3-5-19)20-6-12-23(30)13-7-20/h1-15,18,26H,16-17H2/t26?,28-/m1/s1. The van der Waals surface area contributed by atoms with E-state index in [1.54, 1.807) is 18.5 Å². The monoisotopic (exact) mass is 469 g/mol. The summed E-state index contributed by atoms with van der Waals surface area (Å²) in [5, 5.41) is 0.630. The number of hydrogen-bond acceptors (Lipinski definition) is 3. The summed E-state index contributed by atoms with van der Waals surface area (Å²) >= 11 is 6.25. The maximum atomic E-state index is 13.9. The summed E-state index contributed by atoms with van der Waals surface area (Å²) in [4.78, 5) is 22.3. The lowest BCUT2D eigenvalue weighted by molar-refractivity contribution is 0.0345. The molecule has 0 bridgehead atoms. The number of halogens is 2. The molecule has 1 amide bonds. The van der Waals surface area contributed by atoms with E-state index >= 15 is 0 Å². The van der Waals surface area contributed by atoms with Gasteiger partial charge < -0.3 is 4.90 Å². The molecule has 6 heteroatoms. The highest BCUT2D eigenvalue weighted by molar-refractivity contribution is 6.30. The molecule has 0 spiro atoms. The van der Waals surface area contributed by atoms with Crippen LogP contribution in [-0.2, 0) is 5.66 Å². The summed E-state index contributed by atoms with van der Waals surface area (Å²) in [6, 6.07) is 26.0. The number of amides is 1. The minimum Gasteiger partial charge on any atom is -0.311 e. The molecule has 3 aromatic carbocycles. The van der Waals surface area contributed by atoms with Crippen molar-refractivity contribution in [1.29, 1.82) is 0 Å². The Morgan fingerprint density at radius 1 is 0.882 bits per heavy atom. The molecule has 1 saturated heterocycles. The second-order valence-corrected chi connectivity index (χ2v) is 9.05. The van der Waals surface area contributed by atoms with Crippen molar-refractivity contribution < 1.29 is 9.18 Å². The summed E-state index contributed by atoms with van der Waals surface area (Å²) in [7, 11) is 0. The van der Waals surface area contributed by atoms with Crippen molar-refractivity contribution in [3.8, 4) is 0 Å². The number of nitrogens with zero attached hydrogens (tertiary/aromatic N) is 3. The van der Waals surface area contributed by atoms with Gasteiger partial charge in [-0.05, 0) is 47.0 Å². The van der Waals surface area contributed by atoms with Gasteiger partial charge in [0.2, 0.25) is 0 Å². The zero-order valence-electron chi connectivity index (χ0n) is 18.2. The van der Waals surface area contributed by atoms with Crippen molar-refractivity contribution >= 4 is 17.5 Å². The highest BCUT2D eigenvalue weighted by Gasteiger charge is 2.60. The molecule has 3 heterocycles. The van der Waals surface area contributed by atoms with Gasteiger partial charge in [0.1, 0.15) is 5.82 Å². The first kappa shape index (κ1) is 21.0. The maximum Gasteiger partial charge on any atom is 0.256 e. The molecule has 6 rings (SSSR count). The molecule has 1 fully saturated rings. The first-order valence-corrected chi connectivity index (χ1v) is 11.6. The third kappa shape index (κ3) is 3.01. The van der Waals surface area contributed by atoms with E-state index in [0.29, 0.717) is 23.7 Å². The average molecular weight is 470 g/mol. The molecule has 168 valence electrons. The highest BCUT2D eigenvalue weighted by atomic mass is 35.5. The lowest BCUT2D eigenvalue weighted by Gasteiger charge is -2.44. The Labute approximate surface area is 202 Å². The van der Waals surface area contributed by atoms with Crippen LogP contribution in [-0.4, -0.2) is 33.8 Å². The topological polar surface area (TPSA) is 36.4 Å². The molecule has 0 radical (unpaired) electrons. The first-order chi connectivity index (χ1) is 16.6. The number of carbonyl (C=O) groups excluding carboxylic acids is 1. The minimum absolute atomic E-state index is 0.0132. The Bertz CT molecular complexity index is 1360. The predicted molar refractivity (Wildman–Crippen MR) is 129 cm³/mol. The zero-order chi connectivity index (χ0) is 23.3. The molecule has 2 aliphatic heterocycles. The number of carbonyl (C=O) groups is 1. The largest absolute Gasteiger partial charge is 0.311 e. The fourth-order valence-electron chi connectivity index (χ4n) is 5.55. The lowest BCUT2D eigenvalue weighted by Crippen LogP contribution is -2.50. The minimum atomic E-state index is -0.861. The molecule has 2 atom stereocenters. The van der Waals surface area contributed by atoms with Crippen LogP contribution < -0.4 is 0 Å². The molecule has 4 nitrogen and oxygen atoms in total. The molecular formula is C28H21ClFN3O. The predicted octanol–water partition coefficient (Wildman–Crippen LogP) is 5.64. The lowest BCUT2D eigenvalue weighted by atomic mass is 9.87. The van der Waals surface area contributed by atoms with Crippen molar-refractivity contribution in [2.45, 2.75) is 11.7 Å². The number of aromatic nitrogens is 1. The Hall–Kier alpha value is -3.54. The van der Waals surface area contributed by atoms with Crippen LogP contribution in [0.1, 0.15) is 38.7 Å². The molecule has 34 heavy (non-hydrogen) atoms. The molecule has 1 aromatic heterocycles. The smallest absolute Gasteiger partial charge is 0.256 e. The Balaban J connectivity index is 1.64. The van der Waals surface area contributed by atoms with Crippen LogP contribution in [0.25, 0.3) is 0 Å². The first-order valence-electron chi connectivity index (χ1n) is 11.2. The molecule has 4 aromatic rings. The molecule has 0 N–H and O–H groups in total. The quantitative estimate of drug-likeness (QED) is 0.388. The Morgan fingerprint density at radius 3 is 2.32 bits per heavy atom. The average Bonchev–Trinajstić information content (AvgIpc) is 3.37. The van der Waals surface area contributed by atoms with E-state index in [9.17, 15) is 9.18 Å². The van der Waals surface area contributed by atoms with Crippen LogP contribution in [0.15, 0.2) is 97.3 Å². The second-order valence-electron chi connectivity index (χ2n) is 8.62. The van der Waals surface area contributed by atoms with E-state index in [0.717, 1.165) is 22.3 Å². The summed E-state index contributed by atoms with van der Waals surface area (Å²) in [5.74, 6) is -0.294. The fraction of sp³-hybridized carbons (Fsp3) is 0.143. The van der Waals surface area contributed by atoms with Crippen LogP contribution in [0.3, 0.4) is 0 Å². The highest BCUT2D eigenvalue weighted by Crippen LogP contribution is 2.53. The molecule has 1 unspecified atom stereocenters. The van der Waals surface area contributed by atoms with E-state index in [1.807, 2.05) is 59.5 Å². The Morgan fingerprint density at radius 2 is 1.59 bits per heavy atom. The fourth-order valence-corrected chi connectivity index (χ4v) is 5.67. The molecule has 0 aliphatic carbocycles. The third-order valence-electron chi connectivity index (χ3n) is 6.90. The number of fused-ring (bicyclic) bond motifs is 3. The normalized spacial score (nSPS) is 20.3. The van der Waals surface area contributed by atoms with Gasteiger partial charge in [-0.25, -0.2) is 4.39 Å². The van der Waals surface area contributed by atoms with Gasteiger partial charge in [-0.15, -0.1) is 0 Å². The van der Waals surface area contributed by atoms with Gasteiger partial charge >= 0.3 is 0 Å². The number of rotatable bonds is 4. The van der Waals surface area contributed by atoms with Gasteiger partial charge in [0.05, 0.1) is 6.04 Å². The van der Waals surface area contributed by atoms with Crippen LogP contribution in [0.2, 0.25) is 5.02 Å². The van der Waals surface area contributed by atoms with E-state index < -0.39 is 5.66 Å². The van der Waals surface area contributed by atoms with Gasteiger partial charge in [0.15, 0.2) is 5.66 Å². The van der Waals surface area contributed by atoms with Crippen molar-refractivity contribution in [3.63, 3.8) is 0 Å². The van der Waals surface area contributed by atoms with Crippen LogP contribution in [0, 0.1) is 5.82 Å². The van der Waals surface area contributed by atoms with E-state index in [-0.39, 0.29) is 17.8 Å². The summed E-state index contributed by atoms with van der Waals surface area (Å²) in [5.41, 5.74) is 3.60. The van der Waals surface area contributed by atoms with Crippen molar-refractivity contribution in [3.05, 3.63) is 136 Å². The Kier molecular flexibility index (Phi) is 4.97. The van der Waals surface area contributed by atoms with Crippen molar-refractivity contribution in [2.24, 2.45) is 0 Å². The summed E-state index contributed by atoms with van der Waals surface area (Å²) in [6.07, 6.45) is 3.46.